The molecule has 0 spiro atoms. The molecule has 0 bridgehead atoms. The molecule has 8 heteroatoms. The molecule has 0 radical (unpaired) electrons. The number of urea groups is 1. The van der Waals surface area contributed by atoms with Crippen LogP contribution in [0.25, 0.3) is 11.1 Å². The summed E-state index contributed by atoms with van der Waals surface area (Å²) in [5.74, 6) is -0.242. The number of ether oxygens (including phenoxy) is 2. The molecule has 0 unspecified atom stereocenters. The van der Waals surface area contributed by atoms with Crippen LogP contribution in [0.2, 0.25) is 0 Å². The maximum atomic E-state index is 13.3. The van der Waals surface area contributed by atoms with Crippen LogP contribution in [0.4, 0.5) is 16.2 Å². The fraction of sp³-hybridized carbons (Fsp3) is 0.364. The Morgan fingerprint density at radius 3 is 1.90 bits per heavy atom. The summed E-state index contributed by atoms with van der Waals surface area (Å²) in [7, 11) is 1.59. The van der Waals surface area contributed by atoms with Gasteiger partial charge in [-0.3, -0.25) is 4.79 Å². The van der Waals surface area contributed by atoms with Crippen LogP contribution in [0.3, 0.4) is 0 Å². The second-order valence-corrected chi connectivity index (χ2v) is 11.6. The van der Waals surface area contributed by atoms with Gasteiger partial charge < -0.3 is 25.0 Å². The van der Waals surface area contributed by atoms with Crippen LogP contribution >= 0.6 is 0 Å². The van der Waals surface area contributed by atoms with Gasteiger partial charge in [-0.2, -0.15) is 0 Å². The Hall–Kier alpha value is -4.17. The number of nitrogens with one attached hydrogen (secondary N) is 2. The average Bonchev–Trinajstić information content (AvgIpc) is 3.38. The van der Waals surface area contributed by atoms with E-state index < -0.39 is 11.6 Å². The fourth-order valence-electron chi connectivity index (χ4n) is 4.70. The van der Waals surface area contributed by atoms with Crippen molar-refractivity contribution in [3.8, 4) is 11.1 Å². The van der Waals surface area contributed by atoms with Gasteiger partial charge in [0.15, 0.2) is 0 Å². The van der Waals surface area contributed by atoms with Gasteiger partial charge in [0.1, 0.15) is 11.6 Å². The van der Waals surface area contributed by atoms with Gasteiger partial charge in [-0.1, -0.05) is 50.2 Å². The number of methoxy groups -OCH3 is 1. The summed E-state index contributed by atoms with van der Waals surface area (Å²) in [6, 6.07) is 21.4. The SMILES string of the molecule is CO[C@@H]1C[C@H](C(=O)Nc2ccc(-c3ccc(C(=O)OC(C)(C)C)cc3)cc2)N(C(=O)Nc2ccc(C(C)C)cc2)C1. The van der Waals surface area contributed by atoms with Gasteiger partial charge in [0.25, 0.3) is 0 Å². The van der Waals surface area contributed by atoms with E-state index in [4.69, 9.17) is 9.47 Å². The molecule has 1 fully saturated rings. The van der Waals surface area contributed by atoms with E-state index in [0.29, 0.717) is 35.8 Å². The van der Waals surface area contributed by atoms with Gasteiger partial charge in [0, 0.05) is 31.5 Å². The molecule has 3 amide bonds. The zero-order chi connectivity index (χ0) is 29.7. The van der Waals surface area contributed by atoms with E-state index in [1.165, 1.54) is 10.5 Å². The van der Waals surface area contributed by atoms with Crippen molar-refractivity contribution in [1.29, 1.82) is 0 Å². The van der Waals surface area contributed by atoms with Gasteiger partial charge in [0.05, 0.1) is 11.7 Å². The summed E-state index contributed by atoms with van der Waals surface area (Å²) in [4.78, 5) is 40.3. The topological polar surface area (TPSA) is 97.0 Å². The first-order valence-corrected chi connectivity index (χ1v) is 13.9. The molecule has 0 saturated carbocycles. The van der Waals surface area contributed by atoms with Gasteiger partial charge in [-0.15, -0.1) is 0 Å². The van der Waals surface area contributed by atoms with E-state index >= 15 is 0 Å². The molecule has 3 aromatic carbocycles. The highest BCUT2D eigenvalue weighted by molar-refractivity contribution is 6.00. The number of amides is 3. The molecule has 8 nitrogen and oxygen atoms in total. The Morgan fingerprint density at radius 1 is 0.829 bits per heavy atom. The van der Waals surface area contributed by atoms with E-state index in [2.05, 4.69) is 24.5 Å². The fourth-order valence-corrected chi connectivity index (χ4v) is 4.70. The molecule has 3 aromatic rings. The van der Waals surface area contributed by atoms with E-state index in [9.17, 15) is 14.4 Å². The van der Waals surface area contributed by atoms with Crippen LogP contribution < -0.4 is 10.6 Å². The van der Waals surface area contributed by atoms with Crippen molar-refractivity contribution in [3.63, 3.8) is 0 Å². The third-order valence-electron chi connectivity index (χ3n) is 6.99. The van der Waals surface area contributed by atoms with Crippen LogP contribution in [0.1, 0.15) is 62.9 Å². The molecule has 1 saturated heterocycles. The van der Waals surface area contributed by atoms with Crippen molar-refractivity contribution in [3.05, 3.63) is 83.9 Å². The second-order valence-electron chi connectivity index (χ2n) is 11.6. The molecule has 0 aliphatic carbocycles. The minimum absolute atomic E-state index is 0.231. The molecule has 4 rings (SSSR count). The summed E-state index contributed by atoms with van der Waals surface area (Å²) < 4.78 is 10.9. The van der Waals surface area contributed by atoms with Crippen molar-refractivity contribution in [1.82, 2.24) is 4.90 Å². The van der Waals surface area contributed by atoms with Crippen LogP contribution in [-0.4, -0.2) is 54.2 Å². The number of hydrogen-bond donors (Lipinski definition) is 2. The standard InChI is InChI=1S/C33H39N3O5/c1-21(2)22-11-15-27(16-12-22)35-32(39)36-20-28(40-6)19-29(36)30(37)34-26-17-13-24(14-18-26)23-7-9-25(10-8-23)31(38)41-33(3,4)5/h7-18,21,28-29H,19-20H2,1-6H3,(H,34,37)(H,35,39)/t28-,29-/m1/s1. The quantitative estimate of drug-likeness (QED) is 0.316. The van der Waals surface area contributed by atoms with Crippen LogP contribution in [-0.2, 0) is 14.3 Å². The molecule has 0 aromatic heterocycles. The maximum Gasteiger partial charge on any atom is 0.338 e. The van der Waals surface area contributed by atoms with Crippen molar-refractivity contribution in [2.45, 2.75) is 64.7 Å². The molecule has 2 atom stereocenters. The molecule has 41 heavy (non-hydrogen) atoms. The van der Waals surface area contributed by atoms with Crippen molar-refractivity contribution in [2.24, 2.45) is 0 Å². The molecule has 2 N–H and O–H groups in total. The smallest absolute Gasteiger partial charge is 0.338 e. The number of nitrogens with zero attached hydrogens (tertiary/aromatic N) is 1. The number of likely N-dealkylation sites (tertiary alicyclic amines) is 1. The summed E-state index contributed by atoms with van der Waals surface area (Å²) in [5, 5.41) is 5.86. The Kier molecular flexibility index (Phi) is 9.13. The third kappa shape index (κ3) is 7.73. The molecule has 1 heterocycles. The highest BCUT2D eigenvalue weighted by Gasteiger charge is 2.40. The Balaban J connectivity index is 1.40. The molecule has 1 aliphatic heterocycles. The van der Waals surface area contributed by atoms with Crippen LogP contribution in [0, 0.1) is 0 Å². The van der Waals surface area contributed by atoms with E-state index in [1.54, 1.807) is 19.2 Å². The lowest BCUT2D eigenvalue weighted by Crippen LogP contribution is -2.45. The molecule has 1 aliphatic rings. The van der Waals surface area contributed by atoms with Gasteiger partial charge >= 0.3 is 12.0 Å². The van der Waals surface area contributed by atoms with Gasteiger partial charge in [0.2, 0.25) is 5.91 Å². The average molecular weight is 558 g/mol. The predicted molar refractivity (Wildman–Crippen MR) is 161 cm³/mol. The number of carbonyl (C=O) groups is 3. The third-order valence-corrected chi connectivity index (χ3v) is 6.99. The number of esters is 1. The molecular weight excluding hydrogens is 518 g/mol. The van der Waals surface area contributed by atoms with Crippen LogP contribution in [0.15, 0.2) is 72.8 Å². The van der Waals surface area contributed by atoms with Crippen molar-refractivity contribution >= 4 is 29.3 Å². The minimum atomic E-state index is -0.671. The molecule has 216 valence electrons. The second kappa shape index (κ2) is 12.6. The monoisotopic (exact) mass is 557 g/mol. The lowest BCUT2D eigenvalue weighted by molar-refractivity contribution is -0.119. The first-order chi connectivity index (χ1) is 19.4. The number of rotatable bonds is 7. The normalized spacial score (nSPS) is 16.9. The first-order valence-electron chi connectivity index (χ1n) is 13.9. The lowest BCUT2D eigenvalue weighted by atomic mass is 10.0. The van der Waals surface area contributed by atoms with E-state index in [-0.39, 0.29) is 24.0 Å². The predicted octanol–water partition coefficient (Wildman–Crippen LogP) is 6.69. The summed E-state index contributed by atoms with van der Waals surface area (Å²) in [5.41, 5.74) is 4.27. The molecular formula is C33H39N3O5. The van der Waals surface area contributed by atoms with Crippen molar-refractivity contribution in [2.75, 3.05) is 24.3 Å². The maximum absolute atomic E-state index is 13.3. The highest BCUT2D eigenvalue weighted by atomic mass is 16.6. The zero-order valence-electron chi connectivity index (χ0n) is 24.6. The van der Waals surface area contributed by atoms with Gasteiger partial charge in [-0.05, 0) is 79.8 Å². The Labute approximate surface area is 242 Å². The summed E-state index contributed by atoms with van der Waals surface area (Å²) >= 11 is 0. The van der Waals surface area contributed by atoms with Gasteiger partial charge in [-0.25, -0.2) is 9.59 Å². The van der Waals surface area contributed by atoms with E-state index in [0.717, 1.165) is 11.1 Å². The lowest BCUT2D eigenvalue weighted by Gasteiger charge is -2.24. The van der Waals surface area contributed by atoms with Crippen molar-refractivity contribution < 1.29 is 23.9 Å². The first kappa shape index (κ1) is 29.8. The number of hydrogen-bond acceptors (Lipinski definition) is 5. The number of benzene rings is 3. The Morgan fingerprint density at radius 2 is 1.37 bits per heavy atom. The largest absolute Gasteiger partial charge is 0.456 e. The number of carbonyl (C=O) groups excluding carboxylic acids is 3. The highest BCUT2D eigenvalue weighted by Crippen LogP contribution is 2.26. The summed E-state index contributed by atoms with van der Waals surface area (Å²) in [6.45, 7) is 10.1. The summed E-state index contributed by atoms with van der Waals surface area (Å²) in [6.07, 6.45) is 0.176. The minimum Gasteiger partial charge on any atom is -0.456 e. The zero-order valence-corrected chi connectivity index (χ0v) is 24.6. The van der Waals surface area contributed by atoms with E-state index in [1.807, 2.05) is 81.4 Å². The number of anilines is 2. The van der Waals surface area contributed by atoms with Crippen LogP contribution in [0.5, 0.6) is 0 Å². The Bertz CT molecular complexity index is 1360.